The lowest BCUT2D eigenvalue weighted by Gasteiger charge is -1.86. The van der Waals surface area contributed by atoms with Crippen molar-refractivity contribution < 1.29 is 0 Å². The van der Waals surface area contributed by atoms with E-state index in [0.717, 1.165) is 6.04 Å². The highest BCUT2D eigenvalue weighted by Gasteiger charge is 1.89. The molecule has 0 radical (unpaired) electrons. The van der Waals surface area contributed by atoms with E-state index in [9.17, 15) is 0 Å². The second-order valence-corrected chi connectivity index (χ2v) is 5.57. The number of hydrogen-bond donors (Lipinski definition) is 0. The summed E-state index contributed by atoms with van der Waals surface area (Å²) in [6, 6.07) is 1.04. The summed E-state index contributed by atoms with van der Waals surface area (Å²) in [5, 5.41) is 0. The quantitative estimate of drug-likeness (QED) is 0.296. The fourth-order valence-electron chi connectivity index (χ4n) is 0.230. The van der Waals surface area contributed by atoms with E-state index < -0.39 is 8.11 Å². The van der Waals surface area contributed by atoms with Crippen LogP contribution in [-0.4, -0.2) is 8.11 Å². The topological polar surface area (TPSA) is 0 Å². The number of hydrogen-bond acceptors (Lipinski definition) is 0. The third-order valence-electron chi connectivity index (χ3n) is 0.491. The van der Waals surface area contributed by atoms with Crippen molar-refractivity contribution in [1.82, 2.24) is 0 Å². The smallest absolute Gasteiger partial charge is 0.141 e. The molecule has 1 unspecified atom stereocenters. The lowest BCUT2D eigenvalue weighted by Crippen LogP contribution is -1.89. The van der Waals surface area contributed by atoms with Gasteiger partial charge in [-0.1, -0.05) is 12.6 Å². The molecule has 2 heteroatoms. The lowest BCUT2D eigenvalue weighted by molar-refractivity contribution is 1.69. The zero-order valence-corrected chi connectivity index (χ0v) is 5.86. The Bertz CT molecular complexity index is 42.8. The molecule has 0 aliphatic rings. The molecule has 0 saturated carbocycles. The average molecular weight is 121 g/mol. The first kappa shape index (κ1) is 6.25. The van der Waals surface area contributed by atoms with Crippen LogP contribution in [0.4, 0.5) is 0 Å². The van der Waals surface area contributed by atoms with Gasteiger partial charge in [-0.3, -0.25) is 0 Å². The molecule has 0 aromatic carbocycles. The Labute approximate surface area is 45.1 Å². The van der Waals surface area contributed by atoms with E-state index in [2.05, 4.69) is 13.1 Å². The van der Waals surface area contributed by atoms with Crippen LogP contribution >= 0.6 is 11.1 Å². The Morgan fingerprint density at radius 2 is 2.50 bits per heavy atom. The zero-order chi connectivity index (χ0) is 4.99. The molecular formula is C4H9ClSi. The van der Waals surface area contributed by atoms with Crippen LogP contribution in [0.3, 0.4) is 0 Å². The SMILES string of the molecule is C=CC[SiH](C)Cl. The molecule has 0 aromatic rings. The van der Waals surface area contributed by atoms with E-state index >= 15 is 0 Å². The van der Waals surface area contributed by atoms with Crippen molar-refractivity contribution in [1.29, 1.82) is 0 Å². The zero-order valence-electron chi connectivity index (χ0n) is 3.95. The van der Waals surface area contributed by atoms with Crippen molar-refractivity contribution in [3.05, 3.63) is 12.7 Å². The highest BCUT2D eigenvalue weighted by atomic mass is 35.6. The first-order chi connectivity index (χ1) is 2.77. The number of allylic oxidation sites excluding steroid dienone is 1. The summed E-state index contributed by atoms with van der Waals surface area (Å²) < 4.78 is 0. The van der Waals surface area contributed by atoms with Crippen LogP contribution in [-0.2, 0) is 0 Å². The van der Waals surface area contributed by atoms with Crippen LogP contribution in [0.15, 0.2) is 12.7 Å². The predicted molar refractivity (Wildman–Crippen MR) is 33.9 cm³/mol. The number of rotatable bonds is 2. The molecule has 0 heterocycles. The second kappa shape index (κ2) is 3.44. The maximum absolute atomic E-state index is 5.65. The molecule has 6 heavy (non-hydrogen) atoms. The summed E-state index contributed by atoms with van der Waals surface area (Å²) in [6.07, 6.45) is 1.88. The summed E-state index contributed by atoms with van der Waals surface area (Å²) in [5.74, 6) is 0. The third kappa shape index (κ3) is 4.25. The van der Waals surface area contributed by atoms with Crippen LogP contribution in [0, 0.1) is 0 Å². The molecule has 0 aromatic heterocycles. The molecule has 0 amide bonds. The first-order valence-electron chi connectivity index (χ1n) is 2.02. The van der Waals surface area contributed by atoms with Crippen molar-refractivity contribution in [2.45, 2.75) is 12.6 Å². The molecule has 0 saturated heterocycles. The van der Waals surface area contributed by atoms with Crippen LogP contribution in [0.1, 0.15) is 0 Å². The Hall–Kier alpha value is 0.247. The van der Waals surface area contributed by atoms with E-state index in [4.69, 9.17) is 11.1 Å². The van der Waals surface area contributed by atoms with Crippen molar-refractivity contribution in [3.8, 4) is 0 Å². The molecule has 0 aliphatic heterocycles. The summed E-state index contributed by atoms with van der Waals surface area (Å²) in [5.41, 5.74) is 0. The molecule has 0 N–H and O–H groups in total. The van der Waals surface area contributed by atoms with Crippen molar-refractivity contribution in [3.63, 3.8) is 0 Å². The van der Waals surface area contributed by atoms with E-state index in [-0.39, 0.29) is 0 Å². The van der Waals surface area contributed by atoms with Crippen molar-refractivity contribution in [2.75, 3.05) is 0 Å². The van der Waals surface area contributed by atoms with Gasteiger partial charge in [0.2, 0.25) is 0 Å². The first-order valence-corrected chi connectivity index (χ1v) is 5.74. The molecule has 0 fully saturated rings. The normalized spacial score (nSPS) is 13.7. The van der Waals surface area contributed by atoms with E-state index in [0.29, 0.717) is 0 Å². The molecule has 36 valence electrons. The van der Waals surface area contributed by atoms with Crippen LogP contribution in [0.2, 0.25) is 12.6 Å². The van der Waals surface area contributed by atoms with Gasteiger partial charge < -0.3 is 0 Å². The molecule has 0 bridgehead atoms. The minimum Gasteiger partial charge on any atom is -0.172 e. The minimum atomic E-state index is -0.816. The Kier molecular flexibility index (Phi) is 3.58. The molecule has 1 atom stereocenters. The van der Waals surface area contributed by atoms with Gasteiger partial charge in [-0.25, -0.2) is 0 Å². The van der Waals surface area contributed by atoms with Gasteiger partial charge in [-0.2, -0.15) is 11.1 Å². The predicted octanol–water partition coefficient (Wildman–Crippen LogP) is 1.76. The fourth-order valence-corrected chi connectivity index (χ4v) is 1.07. The fraction of sp³-hybridized carbons (Fsp3) is 0.500. The summed E-state index contributed by atoms with van der Waals surface area (Å²) in [4.78, 5) is 0. The standard InChI is InChI=1S/C4H9ClSi/c1-3-4-6(2)5/h3,6H,1,4H2,2H3. The summed E-state index contributed by atoms with van der Waals surface area (Å²) in [7, 11) is -0.816. The van der Waals surface area contributed by atoms with Gasteiger partial charge in [0.15, 0.2) is 0 Å². The molecule has 0 nitrogen and oxygen atoms in total. The van der Waals surface area contributed by atoms with Crippen molar-refractivity contribution >= 4 is 19.2 Å². The summed E-state index contributed by atoms with van der Waals surface area (Å²) in [6.45, 7) is 5.64. The summed E-state index contributed by atoms with van der Waals surface area (Å²) >= 11 is 5.65. The third-order valence-corrected chi connectivity index (χ3v) is 2.01. The molecule has 0 rings (SSSR count). The van der Waals surface area contributed by atoms with Gasteiger partial charge in [0.05, 0.1) is 0 Å². The van der Waals surface area contributed by atoms with Gasteiger partial charge in [-0.15, -0.1) is 6.58 Å². The lowest BCUT2D eigenvalue weighted by atomic mass is 10.8. The number of halogens is 1. The minimum absolute atomic E-state index is 0.816. The van der Waals surface area contributed by atoms with E-state index in [1.54, 1.807) is 0 Å². The Morgan fingerprint density at radius 3 is 2.50 bits per heavy atom. The van der Waals surface area contributed by atoms with Gasteiger partial charge in [0, 0.05) is 0 Å². The Balaban J connectivity index is 2.81. The van der Waals surface area contributed by atoms with Crippen molar-refractivity contribution in [2.24, 2.45) is 0 Å². The van der Waals surface area contributed by atoms with Gasteiger partial charge in [-0.05, 0) is 6.04 Å². The van der Waals surface area contributed by atoms with Crippen LogP contribution in [0.25, 0.3) is 0 Å². The van der Waals surface area contributed by atoms with Crippen LogP contribution < -0.4 is 0 Å². The van der Waals surface area contributed by atoms with Gasteiger partial charge in [0.1, 0.15) is 8.11 Å². The molecule has 0 spiro atoms. The monoisotopic (exact) mass is 120 g/mol. The molecule has 0 aliphatic carbocycles. The largest absolute Gasteiger partial charge is 0.172 e. The Morgan fingerprint density at radius 1 is 2.00 bits per heavy atom. The van der Waals surface area contributed by atoms with E-state index in [1.807, 2.05) is 6.08 Å². The van der Waals surface area contributed by atoms with Crippen LogP contribution in [0.5, 0.6) is 0 Å². The van der Waals surface area contributed by atoms with E-state index in [1.165, 1.54) is 0 Å². The highest BCUT2D eigenvalue weighted by Crippen LogP contribution is 1.94. The second-order valence-electron chi connectivity index (χ2n) is 1.31. The average Bonchev–Trinajstić information content (AvgIpc) is 1.35. The van der Waals surface area contributed by atoms with Gasteiger partial charge >= 0.3 is 0 Å². The molecular weight excluding hydrogens is 112 g/mol. The van der Waals surface area contributed by atoms with Gasteiger partial charge in [0.25, 0.3) is 0 Å². The maximum atomic E-state index is 5.65. The highest BCUT2D eigenvalue weighted by molar-refractivity contribution is 7.06. The maximum Gasteiger partial charge on any atom is 0.141 e.